The smallest absolute Gasteiger partial charge is 0.410 e. The largest absolute Gasteiger partial charge is 0.462 e. The lowest BCUT2D eigenvalue weighted by Gasteiger charge is -2.46. The first-order chi connectivity index (χ1) is 11.9. The SMILES string of the molecule is CCOC(=O)c1sc(N2CCN(C(=O)OC(C)(C)C)C(C)(C)C2)nc1C. The topological polar surface area (TPSA) is 72.0 Å². The maximum Gasteiger partial charge on any atom is 0.410 e. The molecule has 0 bridgehead atoms. The van der Waals surface area contributed by atoms with Crippen molar-refractivity contribution >= 4 is 28.5 Å². The molecular weight excluding hydrogens is 354 g/mol. The van der Waals surface area contributed by atoms with Crippen molar-refractivity contribution < 1.29 is 19.1 Å². The number of piperazine rings is 1. The second-order valence-electron chi connectivity index (χ2n) is 8.00. The van der Waals surface area contributed by atoms with Gasteiger partial charge in [0.25, 0.3) is 0 Å². The van der Waals surface area contributed by atoms with Crippen LogP contribution in [0.25, 0.3) is 0 Å². The van der Waals surface area contributed by atoms with Crippen LogP contribution in [-0.2, 0) is 9.47 Å². The third kappa shape index (κ3) is 4.66. The molecule has 0 radical (unpaired) electrons. The summed E-state index contributed by atoms with van der Waals surface area (Å²) < 4.78 is 10.6. The van der Waals surface area contributed by atoms with E-state index in [1.165, 1.54) is 11.3 Å². The highest BCUT2D eigenvalue weighted by atomic mass is 32.1. The molecule has 1 saturated heterocycles. The molecule has 8 heteroatoms. The van der Waals surface area contributed by atoms with Gasteiger partial charge >= 0.3 is 12.1 Å². The first-order valence-electron chi connectivity index (χ1n) is 8.84. The molecule has 0 spiro atoms. The van der Waals surface area contributed by atoms with E-state index in [0.717, 1.165) is 5.13 Å². The van der Waals surface area contributed by atoms with Crippen molar-refractivity contribution in [1.82, 2.24) is 9.88 Å². The molecule has 1 fully saturated rings. The van der Waals surface area contributed by atoms with Gasteiger partial charge in [-0.15, -0.1) is 0 Å². The lowest BCUT2D eigenvalue weighted by molar-refractivity contribution is 0.000351. The van der Waals surface area contributed by atoms with Gasteiger partial charge in [-0.2, -0.15) is 0 Å². The highest BCUT2D eigenvalue weighted by Gasteiger charge is 2.40. The fourth-order valence-corrected chi connectivity index (χ4v) is 3.86. The van der Waals surface area contributed by atoms with Crippen LogP contribution in [0.3, 0.4) is 0 Å². The Kier molecular flexibility index (Phi) is 5.85. The lowest BCUT2D eigenvalue weighted by atomic mass is 10.00. The van der Waals surface area contributed by atoms with Crippen LogP contribution in [0.1, 0.15) is 56.9 Å². The van der Waals surface area contributed by atoms with Crippen LogP contribution in [-0.4, -0.2) is 59.3 Å². The van der Waals surface area contributed by atoms with E-state index in [-0.39, 0.29) is 12.1 Å². The molecule has 2 rings (SSSR count). The van der Waals surface area contributed by atoms with E-state index in [0.29, 0.717) is 36.8 Å². The van der Waals surface area contributed by atoms with E-state index >= 15 is 0 Å². The standard InChI is InChI=1S/C18H29N3O4S/c1-8-24-14(22)13-12(2)19-15(26-13)20-9-10-21(18(6,7)11-20)16(23)25-17(3,4)5/h8-11H2,1-7H3. The summed E-state index contributed by atoms with van der Waals surface area (Å²) in [5.41, 5.74) is -0.258. The molecule has 0 N–H and O–H groups in total. The Balaban J connectivity index is 2.13. The number of anilines is 1. The number of carbonyl (C=O) groups excluding carboxylic acids is 2. The van der Waals surface area contributed by atoms with Crippen LogP contribution < -0.4 is 4.90 Å². The maximum absolute atomic E-state index is 12.5. The number of carbonyl (C=O) groups is 2. The van der Waals surface area contributed by atoms with Crippen molar-refractivity contribution in [3.63, 3.8) is 0 Å². The Morgan fingerprint density at radius 1 is 1.27 bits per heavy atom. The van der Waals surface area contributed by atoms with Gasteiger partial charge in [-0.3, -0.25) is 4.90 Å². The van der Waals surface area contributed by atoms with Crippen LogP contribution >= 0.6 is 11.3 Å². The number of hydrogen-bond acceptors (Lipinski definition) is 7. The average Bonchev–Trinajstić information content (AvgIpc) is 2.86. The van der Waals surface area contributed by atoms with E-state index in [1.807, 2.05) is 41.5 Å². The van der Waals surface area contributed by atoms with Crippen molar-refractivity contribution in [2.45, 2.75) is 59.6 Å². The molecule has 1 aliphatic rings. The highest BCUT2D eigenvalue weighted by Crippen LogP contribution is 2.31. The second-order valence-corrected chi connectivity index (χ2v) is 8.97. The highest BCUT2D eigenvalue weighted by molar-refractivity contribution is 7.17. The van der Waals surface area contributed by atoms with E-state index in [2.05, 4.69) is 9.88 Å². The molecule has 26 heavy (non-hydrogen) atoms. The summed E-state index contributed by atoms with van der Waals surface area (Å²) in [4.78, 5) is 33.5. The summed E-state index contributed by atoms with van der Waals surface area (Å²) in [6.45, 7) is 15.3. The number of aromatic nitrogens is 1. The zero-order valence-corrected chi connectivity index (χ0v) is 17.5. The molecule has 1 aliphatic heterocycles. The van der Waals surface area contributed by atoms with Crippen molar-refractivity contribution in [3.8, 4) is 0 Å². The Bertz CT molecular complexity index is 678. The minimum atomic E-state index is -0.523. The molecule has 146 valence electrons. The minimum absolute atomic E-state index is 0.301. The van der Waals surface area contributed by atoms with Gasteiger partial charge in [0.1, 0.15) is 10.5 Å². The fourth-order valence-electron chi connectivity index (χ4n) is 2.88. The Labute approximate surface area is 159 Å². The van der Waals surface area contributed by atoms with Gasteiger partial charge < -0.3 is 14.4 Å². The van der Waals surface area contributed by atoms with Crippen LogP contribution in [0, 0.1) is 6.92 Å². The first kappa shape index (κ1) is 20.5. The summed E-state index contributed by atoms with van der Waals surface area (Å²) in [5.74, 6) is -0.333. The zero-order chi connectivity index (χ0) is 19.7. The number of nitrogens with zero attached hydrogens (tertiary/aromatic N) is 3. The summed E-state index contributed by atoms with van der Waals surface area (Å²) in [6.07, 6.45) is -0.301. The molecule has 2 heterocycles. The predicted octanol–water partition coefficient (Wildman–Crippen LogP) is 3.46. The Morgan fingerprint density at radius 2 is 1.92 bits per heavy atom. The Hall–Kier alpha value is -1.83. The van der Waals surface area contributed by atoms with Crippen molar-refractivity contribution in [2.75, 3.05) is 31.1 Å². The van der Waals surface area contributed by atoms with Gasteiger partial charge in [0, 0.05) is 19.6 Å². The molecule has 0 saturated carbocycles. The molecule has 0 aromatic carbocycles. The van der Waals surface area contributed by atoms with Crippen molar-refractivity contribution in [2.24, 2.45) is 0 Å². The molecule has 1 amide bonds. The van der Waals surface area contributed by atoms with Crippen molar-refractivity contribution in [3.05, 3.63) is 10.6 Å². The number of ether oxygens (including phenoxy) is 2. The monoisotopic (exact) mass is 383 g/mol. The van der Waals surface area contributed by atoms with Crippen LogP contribution in [0.4, 0.5) is 9.93 Å². The van der Waals surface area contributed by atoms with Gasteiger partial charge in [0.2, 0.25) is 0 Å². The van der Waals surface area contributed by atoms with Gasteiger partial charge in [-0.25, -0.2) is 14.6 Å². The third-order valence-electron chi connectivity index (χ3n) is 4.03. The quantitative estimate of drug-likeness (QED) is 0.744. The summed E-state index contributed by atoms with van der Waals surface area (Å²) in [6, 6.07) is 0. The molecule has 0 atom stereocenters. The lowest BCUT2D eigenvalue weighted by Crippen LogP contribution is -2.61. The second kappa shape index (κ2) is 7.42. The molecule has 7 nitrogen and oxygen atoms in total. The van der Waals surface area contributed by atoms with Crippen LogP contribution in [0.15, 0.2) is 0 Å². The third-order valence-corrected chi connectivity index (χ3v) is 5.23. The molecule has 1 aromatic rings. The molecule has 0 unspecified atom stereocenters. The first-order valence-corrected chi connectivity index (χ1v) is 9.66. The van der Waals surface area contributed by atoms with Gasteiger partial charge in [0.15, 0.2) is 5.13 Å². The number of amides is 1. The fraction of sp³-hybridized carbons (Fsp3) is 0.722. The summed E-state index contributed by atoms with van der Waals surface area (Å²) in [7, 11) is 0. The molecular formula is C18H29N3O4S. The van der Waals surface area contributed by atoms with E-state index in [4.69, 9.17) is 9.47 Å². The van der Waals surface area contributed by atoms with Gasteiger partial charge in [-0.1, -0.05) is 11.3 Å². The minimum Gasteiger partial charge on any atom is -0.462 e. The molecule has 0 aliphatic carbocycles. The number of esters is 1. The van der Waals surface area contributed by atoms with E-state index in [1.54, 1.807) is 11.8 Å². The zero-order valence-electron chi connectivity index (χ0n) is 16.7. The van der Waals surface area contributed by atoms with E-state index in [9.17, 15) is 9.59 Å². The average molecular weight is 384 g/mol. The molecule has 1 aromatic heterocycles. The summed E-state index contributed by atoms with van der Waals surface area (Å²) >= 11 is 1.34. The van der Waals surface area contributed by atoms with E-state index < -0.39 is 11.1 Å². The normalized spacial score (nSPS) is 17.2. The predicted molar refractivity (Wildman–Crippen MR) is 102 cm³/mol. The number of aryl methyl sites for hydroxylation is 1. The number of thiazole rings is 1. The number of hydrogen-bond donors (Lipinski definition) is 0. The summed E-state index contributed by atoms with van der Waals surface area (Å²) in [5, 5.41) is 0.780. The number of rotatable bonds is 3. The van der Waals surface area contributed by atoms with Crippen LogP contribution in [0.2, 0.25) is 0 Å². The van der Waals surface area contributed by atoms with Crippen LogP contribution in [0.5, 0.6) is 0 Å². The maximum atomic E-state index is 12.5. The van der Waals surface area contributed by atoms with Crippen molar-refractivity contribution in [1.29, 1.82) is 0 Å². The Morgan fingerprint density at radius 3 is 2.46 bits per heavy atom. The van der Waals surface area contributed by atoms with Gasteiger partial charge in [0.05, 0.1) is 17.8 Å². The van der Waals surface area contributed by atoms with Gasteiger partial charge in [-0.05, 0) is 48.5 Å².